The molecule has 0 aliphatic carbocycles. The molecule has 1 fully saturated rings. The topological polar surface area (TPSA) is 141 Å². The van der Waals surface area contributed by atoms with Gasteiger partial charge in [-0.2, -0.15) is 0 Å². The number of nitrogens with zero attached hydrogens (tertiary/aromatic N) is 4. The van der Waals surface area contributed by atoms with E-state index in [2.05, 4.69) is 30.1 Å². The van der Waals surface area contributed by atoms with Gasteiger partial charge in [0.15, 0.2) is 17.3 Å². The fourth-order valence-electron chi connectivity index (χ4n) is 4.20. The van der Waals surface area contributed by atoms with Crippen molar-refractivity contribution in [1.82, 2.24) is 20.0 Å². The smallest absolute Gasteiger partial charge is 0.263 e. The molecule has 4 aromatic rings. The Morgan fingerprint density at radius 1 is 1.05 bits per heavy atom. The zero-order chi connectivity index (χ0) is 27.2. The first-order valence-corrected chi connectivity index (χ1v) is 14.0. The fraction of sp³-hybridized carbons (Fsp3) is 0.346. The number of fused-ring (bicyclic) bond motifs is 1. The van der Waals surface area contributed by atoms with Gasteiger partial charge in [0, 0.05) is 42.8 Å². The first-order valence-electron chi connectivity index (χ1n) is 12.5. The highest BCUT2D eigenvalue weighted by atomic mass is 32.2. The Kier molecular flexibility index (Phi) is 8.10. The molecule has 0 bridgehead atoms. The van der Waals surface area contributed by atoms with E-state index in [1.54, 1.807) is 26.2 Å². The van der Waals surface area contributed by atoms with Crippen LogP contribution in [0.2, 0.25) is 0 Å². The summed E-state index contributed by atoms with van der Waals surface area (Å²) in [7, 11) is -2.23. The number of hydrogen-bond acceptors (Lipinski definition) is 11. The van der Waals surface area contributed by atoms with E-state index in [-0.39, 0.29) is 10.7 Å². The maximum Gasteiger partial charge on any atom is 0.263 e. The lowest BCUT2D eigenvalue weighted by Crippen LogP contribution is -2.37. The van der Waals surface area contributed by atoms with Crippen molar-refractivity contribution in [2.75, 3.05) is 56.6 Å². The van der Waals surface area contributed by atoms with Crippen molar-refractivity contribution in [2.24, 2.45) is 0 Å². The molecule has 39 heavy (non-hydrogen) atoms. The summed E-state index contributed by atoms with van der Waals surface area (Å²) in [4.78, 5) is 11.2. The van der Waals surface area contributed by atoms with Crippen molar-refractivity contribution < 1.29 is 27.2 Å². The van der Waals surface area contributed by atoms with Crippen LogP contribution in [-0.4, -0.2) is 75.0 Å². The molecule has 206 valence electrons. The molecule has 3 heterocycles. The van der Waals surface area contributed by atoms with E-state index in [9.17, 15) is 8.42 Å². The van der Waals surface area contributed by atoms with Crippen molar-refractivity contribution in [3.63, 3.8) is 0 Å². The third kappa shape index (κ3) is 6.56. The summed E-state index contributed by atoms with van der Waals surface area (Å²) in [5.74, 6) is 2.36. The number of nitrogens with one attached hydrogen (secondary N) is 2. The van der Waals surface area contributed by atoms with Gasteiger partial charge in [0.2, 0.25) is 0 Å². The monoisotopic (exact) mass is 554 g/mol. The van der Waals surface area contributed by atoms with Crippen LogP contribution in [0.4, 0.5) is 17.3 Å². The number of ether oxygens (including phenoxy) is 3. The highest BCUT2D eigenvalue weighted by molar-refractivity contribution is 7.92. The Morgan fingerprint density at radius 2 is 1.85 bits per heavy atom. The van der Waals surface area contributed by atoms with E-state index < -0.39 is 10.0 Å². The number of anilines is 3. The van der Waals surface area contributed by atoms with E-state index in [0.717, 1.165) is 44.7 Å². The first kappa shape index (κ1) is 26.7. The Hall–Kier alpha value is -3.94. The minimum Gasteiger partial charge on any atom is -0.493 e. The summed E-state index contributed by atoms with van der Waals surface area (Å²) in [5, 5.41) is 7.66. The zero-order valence-corrected chi connectivity index (χ0v) is 22.5. The van der Waals surface area contributed by atoms with Crippen LogP contribution in [0.25, 0.3) is 10.9 Å². The lowest BCUT2D eigenvalue weighted by molar-refractivity contribution is 0.0357. The summed E-state index contributed by atoms with van der Waals surface area (Å²) in [6.07, 6.45) is 2.33. The molecule has 2 aromatic carbocycles. The molecular weight excluding hydrogens is 524 g/mol. The third-order valence-electron chi connectivity index (χ3n) is 6.19. The number of benzene rings is 2. The Balaban J connectivity index is 1.29. The predicted molar refractivity (Wildman–Crippen MR) is 145 cm³/mol. The van der Waals surface area contributed by atoms with Gasteiger partial charge in [0.05, 0.1) is 37.3 Å². The number of aryl methyl sites for hydroxylation is 1. The lowest BCUT2D eigenvalue weighted by Gasteiger charge is -2.26. The molecule has 13 heteroatoms. The van der Waals surface area contributed by atoms with Gasteiger partial charge in [0.25, 0.3) is 10.0 Å². The predicted octanol–water partition coefficient (Wildman–Crippen LogP) is 3.58. The van der Waals surface area contributed by atoms with Crippen molar-refractivity contribution >= 4 is 38.2 Å². The molecule has 5 rings (SSSR count). The summed E-state index contributed by atoms with van der Waals surface area (Å²) >= 11 is 0. The minimum atomic E-state index is -3.82. The average Bonchev–Trinajstić information content (AvgIpc) is 3.35. The van der Waals surface area contributed by atoms with Gasteiger partial charge in [-0.1, -0.05) is 5.16 Å². The highest BCUT2D eigenvalue weighted by Gasteiger charge is 2.17. The van der Waals surface area contributed by atoms with Crippen LogP contribution in [-0.2, 0) is 14.8 Å². The Bertz CT molecular complexity index is 1520. The molecule has 2 aromatic heterocycles. The lowest BCUT2D eigenvalue weighted by atomic mass is 10.2. The van der Waals surface area contributed by atoms with E-state index in [1.165, 1.54) is 24.5 Å². The van der Waals surface area contributed by atoms with Crippen molar-refractivity contribution in [2.45, 2.75) is 18.2 Å². The third-order valence-corrected chi connectivity index (χ3v) is 7.57. The molecule has 1 aliphatic rings. The van der Waals surface area contributed by atoms with Crippen LogP contribution < -0.4 is 19.5 Å². The van der Waals surface area contributed by atoms with Crippen LogP contribution in [0.15, 0.2) is 58.2 Å². The summed E-state index contributed by atoms with van der Waals surface area (Å²) in [6.45, 7) is 6.58. The summed E-state index contributed by atoms with van der Waals surface area (Å²) in [6, 6.07) is 11.5. The number of methoxy groups -OCH3 is 1. The molecule has 0 amide bonds. The number of hydrogen-bond donors (Lipinski definition) is 2. The number of sulfonamides is 1. The molecule has 0 atom stereocenters. The summed E-state index contributed by atoms with van der Waals surface area (Å²) < 4.78 is 49.7. The molecular formula is C26H30N6O6S. The molecule has 12 nitrogen and oxygen atoms in total. The van der Waals surface area contributed by atoms with Crippen molar-refractivity contribution in [3.8, 4) is 11.5 Å². The SMILES string of the molecule is COc1cc2ncnc(Nc3ccc(S(=O)(=O)Nc4cc(C)on4)cc3)c2cc1OCCCN1CCOCC1. The van der Waals surface area contributed by atoms with E-state index >= 15 is 0 Å². The van der Waals surface area contributed by atoms with E-state index in [1.807, 2.05) is 12.1 Å². The van der Waals surface area contributed by atoms with Crippen LogP contribution in [0, 0.1) is 6.92 Å². The van der Waals surface area contributed by atoms with Gasteiger partial charge in [-0.3, -0.25) is 9.62 Å². The number of aromatic nitrogens is 3. The first-order chi connectivity index (χ1) is 18.9. The second-order valence-electron chi connectivity index (χ2n) is 8.98. The van der Waals surface area contributed by atoms with Gasteiger partial charge >= 0.3 is 0 Å². The Morgan fingerprint density at radius 3 is 2.56 bits per heavy atom. The quantitative estimate of drug-likeness (QED) is 0.263. The van der Waals surface area contributed by atoms with Gasteiger partial charge in [-0.05, 0) is 43.7 Å². The van der Waals surface area contributed by atoms with Crippen molar-refractivity contribution in [3.05, 3.63) is 54.6 Å². The van der Waals surface area contributed by atoms with Gasteiger partial charge < -0.3 is 24.1 Å². The molecule has 1 saturated heterocycles. The van der Waals surface area contributed by atoms with Gasteiger partial charge in [-0.25, -0.2) is 18.4 Å². The number of rotatable bonds is 11. The maximum absolute atomic E-state index is 12.7. The molecule has 0 saturated carbocycles. The number of morpholine rings is 1. The molecule has 0 spiro atoms. The largest absolute Gasteiger partial charge is 0.493 e. The van der Waals surface area contributed by atoms with Gasteiger partial charge in [0.1, 0.15) is 17.9 Å². The van der Waals surface area contributed by atoms with Crippen LogP contribution in [0.5, 0.6) is 11.5 Å². The Labute approximate surface area is 226 Å². The molecule has 0 radical (unpaired) electrons. The van der Waals surface area contributed by atoms with Crippen LogP contribution in [0.1, 0.15) is 12.2 Å². The molecule has 2 N–H and O–H groups in total. The zero-order valence-electron chi connectivity index (χ0n) is 21.7. The minimum absolute atomic E-state index is 0.0822. The highest BCUT2D eigenvalue weighted by Crippen LogP contribution is 2.35. The molecule has 0 unspecified atom stereocenters. The maximum atomic E-state index is 12.7. The second kappa shape index (κ2) is 11.8. The average molecular weight is 555 g/mol. The molecule has 1 aliphatic heterocycles. The van der Waals surface area contributed by atoms with Gasteiger partial charge in [-0.15, -0.1) is 0 Å². The van der Waals surface area contributed by atoms with Crippen molar-refractivity contribution in [1.29, 1.82) is 0 Å². The normalized spacial score (nSPS) is 14.3. The fourth-order valence-corrected chi connectivity index (χ4v) is 5.18. The van der Waals surface area contributed by atoms with E-state index in [4.69, 9.17) is 18.7 Å². The van der Waals surface area contributed by atoms with Crippen LogP contribution in [0.3, 0.4) is 0 Å². The van der Waals surface area contributed by atoms with Crippen LogP contribution >= 0.6 is 0 Å². The summed E-state index contributed by atoms with van der Waals surface area (Å²) in [5.41, 5.74) is 1.33. The second-order valence-corrected chi connectivity index (χ2v) is 10.7. The standard InChI is InChI=1S/C26H30N6O6S/c1-18-14-25(30-38-18)31-39(33,34)20-6-4-19(5-7-20)29-26-21-15-24(23(35-2)16-22(21)27-17-28-26)37-11-3-8-32-9-12-36-13-10-32/h4-7,14-17H,3,8-13H2,1-2H3,(H,30,31)(H,27,28,29). The van der Waals surface area contributed by atoms with E-state index in [0.29, 0.717) is 40.9 Å².